The quantitative estimate of drug-likeness (QED) is 0.516. The van der Waals surface area contributed by atoms with E-state index in [4.69, 9.17) is 0 Å². The van der Waals surface area contributed by atoms with E-state index in [1.165, 1.54) is 23.5 Å². The molecule has 0 bridgehead atoms. The number of allylic oxidation sites excluding steroid dienone is 1. The molecule has 0 amide bonds. The molecular weight excluding hydrogens is 264 g/mol. The van der Waals surface area contributed by atoms with Gasteiger partial charge in [0.2, 0.25) is 5.13 Å². The van der Waals surface area contributed by atoms with Gasteiger partial charge in [-0.05, 0) is 11.6 Å². The van der Waals surface area contributed by atoms with Crippen molar-refractivity contribution in [2.24, 2.45) is 5.10 Å². The van der Waals surface area contributed by atoms with Crippen LogP contribution in [-0.4, -0.2) is 16.1 Å². The van der Waals surface area contributed by atoms with Crippen LogP contribution in [0.2, 0.25) is 0 Å². The zero-order chi connectivity index (χ0) is 13.5. The minimum Gasteiger partial charge on any atom is -0.258 e. The number of nitrogens with one attached hydrogen (secondary N) is 1. The maximum Gasteiger partial charge on any atom is 0.270 e. The van der Waals surface area contributed by atoms with Crippen LogP contribution in [-0.2, 0) is 0 Å². The first kappa shape index (κ1) is 12.9. The number of anilines is 1. The summed E-state index contributed by atoms with van der Waals surface area (Å²) in [5, 5.41) is 17.1. The van der Waals surface area contributed by atoms with E-state index in [0.717, 1.165) is 5.56 Å². The summed E-state index contributed by atoms with van der Waals surface area (Å²) in [6.07, 6.45) is 6.67. The molecule has 1 aromatic carbocycles. The Morgan fingerprint density at radius 2 is 2.37 bits per heavy atom. The van der Waals surface area contributed by atoms with Crippen molar-refractivity contribution in [2.75, 3.05) is 5.43 Å². The molecule has 0 saturated carbocycles. The lowest BCUT2D eigenvalue weighted by atomic mass is 10.2. The predicted molar refractivity (Wildman–Crippen MR) is 76.4 cm³/mol. The molecule has 0 aliphatic heterocycles. The van der Waals surface area contributed by atoms with Crippen LogP contribution >= 0.6 is 11.3 Å². The van der Waals surface area contributed by atoms with Gasteiger partial charge in [0.15, 0.2) is 0 Å². The number of rotatable bonds is 5. The number of hydrogen-bond acceptors (Lipinski definition) is 6. The maximum absolute atomic E-state index is 10.6. The molecule has 0 radical (unpaired) electrons. The van der Waals surface area contributed by atoms with Crippen molar-refractivity contribution in [1.82, 2.24) is 4.98 Å². The van der Waals surface area contributed by atoms with Gasteiger partial charge in [-0.3, -0.25) is 15.5 Å². The van der Waals surface area contributed by atoms with E-state index in [1.807, 2.05) is 5.38 Å². The molecule has 7 heteroatoms. The van der Waals surface area contributed by atoms with Crippen LogP contribution in [0, 0.1) is 10.1 Å². The van der Waals surface area contributed by atoms with Gasteiger partial charge >= 0.3 is 0 Å². The Bertz CT molecular complexity index is 608. The summed E-state index contributed by atoms with van der Waals surface area (Å²) in [5.41, 5.74) is 3.57. The van der Waals surface area contributed by atoms with Crippen LogP contribution in [0.5, 0.6) is 0 Å². The molecular formula is C12H10N4O2S. The second kappa shape index (κ2) is 6.41. The molecule has 0 saturated heterocycles. The standard InChI is InChI=1S/C12H10N4O2S/c17-16(18)11-5-1-3-10(9-11)4-2-6-14-15-12-13-7-8-19-12/h1-9H,(H,13,15). The number of hydrogen-bond donors (Lipinski definition) is 1. The summed E-state index contributed by atoms with van der Waals surface area (Å²) in [7, 11) is 0. The topological polar surface area (TPSA) is 80.4 Å². The zero-order valence-electron chi connectivity index (χ0n) is 9.76. The summed E-state index contributed by atoms with van der Waals surface area (Å²) in [6, 6.07) is 6.38. The van der Waals surface area contributed by atoms with Gasteiger partial charge in [0.1, 0.15) is 0 Å². The van der Waals surface area contributed by atoms with E-state index in [-0.39, 0.29) is 5.69 Å². The van der Waals surface area contributed by atoms with Crippen LogP contribution in [0.1, 0.15) is 5.56 Å². The van der Waals surface area contributed by atoms with Crippen LogP contribution in [0.3, 0.4) is 0 Å². The number of benzene rings is 1. The van der Waals surface area contributed by atoms with E-state index in [2.05, 4.69) is 15.5 Å². The number of thiazole rings is 1. The summed E-state index contributed by atoms with van der Waals surface area (Å²) in [4.78, 5) is 14.2. The van der Waals surface area contributed by atoms with Crippen molar-refractivity contribution in [3.63, 3.8) is 0 Å². The Morgan fingerprint density at radius 3 is 3.11 bits per heavy atom. The van der Waals surface area contributed by atoms with Gasteiger partial charge in [-0.15, -0.1) is 11.3 Å². The molecule has 0 fully saturated rings. The summed E-state index contributed by atoms with van der Waals surface area (Å²) >= 11 is 1.45. The third kappa shape index (κ3) is 4.00. The Balaban J connectivity index is 1.93. The first-order chi connectivity index (χ1) is 9.25. The lowest BCUT2D eigenvalue weighted by Gasteiger charge is -1.93. The molecule has 2 aromatic rings. The lowest BCUT2D eigenvalue weighted by Crippen LogP contribution is -1.87. The maximum atomic E-state index is 10.6. The van der Waals surface area contributed by atoms with Gasteiger partial charge in [0.05, 0.1) is 4.92 Å². The molecule has 19 heavy (non-hydrogen) atoms. The normalized spacial score (nSPS) is 11.2. The fourth-order valence-electron chi connectivity index (χ4n) is 1.31. The third-order valence-corrected chi connectivity index (χ3v) is 2.80. The number of aromatic nitrogens is 1. The van der Waals surface area contributed by atoms with E-state index >= 15 is 0 Å². The lowest BCUT2D eigenvalue weighted by molar-refractivity contribution is -0.384. The van der Waals surface area contributed by atoms with Crippen LogP contribution < -0.4 is 5.43 Å². The molecule has 0 atom stereocenters. The van der Waals surface area contributed by atoms with E-state index < -0.39 is 4.92 Å². The second-order valence-electron chi connectivity index (χ2n) is 3.44. The van der Waals surface area contributed by atoms with E-state index in [1.54, 1.807) is 36.7 Å². The van der Waals surface area contributed by atoms with E-state index in [9.17, 15) is 10.1 Å². The van der Waals surface area contributed by atoms with Gasteiger partial charge in [0.25, 0.3) is 5.69 Å². The van der Waals surface area contributed by atoms with Gasteiger partial charge in [-0.2, -0.15) is 5.10 Å². The van der Waals surface area contributed by atoms with Gasteiger partial charge in [-0.25, -0.2) is 4.98 Å². The third-order valence-electron chi connectivity index (χ3n) is 2.12. The first-order valence-electron chi connectivity index (χ1n) is 5.35. The number of hydrazone groups is 1. The van der Waals surface area contributed by atoms with Gasteiger partial charge < -0.3 is 0 Å². The van der Waals surface area contributed by atoms with Crippen molar-refractivity contribution < 1.29 is 4.92 Å². The molecule has 0 unspecified atom stereocenters. The highest BCUT2D eigenvalue weighted by atomic mass is 32.1. The molecule has 6 nitrogen and oxygen atoms in total. The highest BCUT2D eigenvalue weighted by molar-refractivity contribution is 7.13. The van der Waals surface area contributed by atoms with Crippen molar-refractivity contribution >= 4 is 34.4 Å². The fourth-order valence-corrected chi connectivity index (χ4v) is 1.79. The van der Waals surface area contributed by atoms with Crippen LogP contribution in [0.25, 0.3) is 6.08 Å². The average Bonchev–Trinajstić information content (AvgIpc) is 2.92. The summed E-state index contributed by atoms with van der Waals surface area (Å²) < 4.78 is 0. The Hall–Kier alpha value is -2.54. The Labute approximate surface area is 113 Å². The molecule has 1 N–H and O–H groups in total. The van der Waals surface area contributed by atoms with Crippen molar-refractivity contribution in [2.45, 2.75) is 0 Å². The van der Waals surface area contributed by atoms with Gasteiger partial charge in [0, 0.05) is 29.9 Å². The Morgan fingerprint density at radius 1 is 1.47 bits per heavy atom. The highest BCUT2D eigenvalue weighted by Crippen LogP contribution is 2.14. The summed E-state index contributed by atoms with van der Waals surface area (Å²) in [6.45, 7) is 0. The predicted octanol–water partition coefficient (Wildman–Crippen LogP) is 3.16. The number of nitrogens with zero attached hydrogens (tertiary/aromatic N) is 3. The Kier molecular flexibility index (Phi) is 4.35. The molecule has 96 valence electrons. The van der Waals surface area contributed by atoms with E-state index in [0.29, 0.717) is 5.13 Å². The minimum absolute atomic E-state index is 0.0694. The number of non-ortho nitro benzene ring substituents is 1. The summed E-state index contributed by atoms with van der Waals surface area (Å²) in [5.74, 6) is 0. The molecule has 1 heterocycles. The smallest absolute Gasteiger partial charge is 0.258 e. The van der Waals surface area contributed by atoms with Crippen LogP contribution in [0.15, 0.2) is 47.0 Å². The van der Waals surface area contributed by atoms with Crippen molar-refractivity contribution in [3.05, 3.63) is 57.6 Å². The van der Waals surface area contributed by atoms with Crippen LogP contribution in [0.4, 0.5) is 10.8 Å². The largest absolute Gasteiger partial charge is 0.270 e. The SMILES string of the molecule is O=[N+]([O-])c1cccc(C=CC=NNc2nccs2)c1. The fraction of sp³-hybridized carbons (Fsp3) is 0. The number of nitro benzene ring substituents is 1. The second-order valence-corrected chi connectivity index (χ2v) is 4.33. The first-order valence-corrected chi connectivity index (χ1v) is 6.23. The number of nitro groups is 1. The molecule has 1 aromatic heterocycles. The molecule has 2 rings (SSSR count). The van der Waals surface area contributed by atoms with Crippen molar-refractivity contribution in [3.8, 4) is 0 Å². The molecule has 0 spiro atoms. The van der Waals surface area contributed by atoms with Gasteiger partial charge in [-0.1, -0.05) is 18.2 Å². The monoisotopic (exact) mass is 274 g/mol. The molecule has 0 aliphatic carbocycles. The average molecular weight is 274 g/mol. The van der Waals surface area contributed by atoms with Crippen molar-refractivity contribution in [1.29, 1.82) is 0 Å². The zero-order valence-corrected chi connectivity index (χ0v) is 10.6. The highest BCUT2D eigenvalue weighted by Gasteiger charge is 2.02. The minimum atomic E-state index is -0.421. The molecule has 0 aliphatic rings.